The van der Waals surface area contributed by atoms with Gasteiger partial charge in [0.1, 0.15) is 31.0 Å². The summed E-state index contributed by atoms with van der Waals surface area (Å²) in [5.41, 5.74) is 4.35. The van der Waals surface area contributed by atoms with Gasteiger partial charge in [-0.05, 0) is 87.9 Å². The van der Waals surface area contributed by atoms with Gasteiger partial charge < -0.3 is 19.0 Å². The first-order valence-corrected chi connectivity index (χ1v) is 11.3. The molecule has 0 heterocycles. The fourth-order valence-electron chi connectivity index (χ4n) is 3.39. The predicted octanol–water partition coefficient (Wildman–Crippen LogP) is 6.45. The maximum atomic E-state index is 6.05. The Labute approximate surface area is 193 Å². The fraction of sp³-hybridized carbons (Fsp3) is 0.444. The van der Waals surface area contributed by atoms with Gasteiger partial charge in [0.25, 0.3) is 0 Å². The second-order valence-electron chi connectivity index (χ2n) is 7.85. The first-order chi connectivity index (χ1) is 15.5. The van der Waals surface area contributed by atoms with E-state index < -0.39 is 0 Å². The van der Waals surface area contributed by atoms with Crippen LogP contribution < -0.4 is 14.2 Å². The third-order valence-electron chi connectivity index (χ3n) is 4.95. The van der Waals surface area contributed by atoms with Gasteiger partial charge in [-0.3, -0.25) is 0 Å². The van der Waals surface area contributed by atoms with E-state index in [2.05, 4.69) is 31.1 Å². The molecule has 0 saturated heterocycles. The van der Waals surface area contributed by atoms with E-state index in [1.807, 2.05) is 50.3 Å². The minimum Gasteiger partial charge on any atom is -0.494 e. The van der Waals surface area contributed by atoms with E-state index in [-0.39, 0.29) is 0 Å². The lowest BCUT2D eigenvalue weighted by atomic mass is 10.1. The van der Waals surface area contributed by atoms with E-state index in [1.54, 1.807) is 7.11 Å². The molecular weight excluding hydrogens is 402 g/mol. The molecular formula is C27H37NO4. The van der Waals surface area contributed by atoms with E-state index in [0.29, 0.717) is 19.8 Å². The van der Waals surface area contributed by atoms with Crippen LogP contribution in [0.4, 0.5) is 0 Å². The van der Waals surface area contributed by atoms with Crippen LogP contribution >= 0.6 is 0 Å². The van der Waals surface area contributed by atoms with Crippen LogP contribution in [0.1, 0.15) is 49.8 Å². The molecule has 0 aliphatic carbocycles. The Hall–Kier alpha value is -2.95. The summed E-state index contributed by atoms with van der Waals surface area (Å²) in [6, 6.07) is 12.2. The molecule has 0 atom stereocenters. The number of unbranched alkanes of at least 4 members (excludes halogenated alkanes) is 2. The largest absolute Gasteiger partial charge is 0.494 e. The second-order valence-corrected chi connectivity index (χ2v) is 7.85. The predicted molar refractivity (Wildman–Crippen MR) is 131 cm³/mol. The van der Waals surface area contributed by atoms with Crippen LogP contribution in [0.5, 0.6) is 17.2 Å². The maximum absolute atomic E-state index is 6.05. The highest BCUT2D eigenvalue weighted by Crippen LogP contribution is 2.28. The van der Waals surface area contributed by atoms with Gasteiger partial charge in [0.15, 0.2) is 0 Å². The van der Waals surface area contributed by atoms with Crippen LogP contribution in [0.2, 0.25) is 0 Å². The van der Waals surface area contributed by atoms with Crippen molar-refractivity contribution in [3.63, 3.8) is 0 Å². The minimum absolute atomic E-state index is 0.588. The Morgan fingerprint density at radius 1 is 0.875 bits per heavy atom. The van der Waals surface area contributed by atoms with Crippen molar-refractivity contribution in [2.75, 3.05) is 26.9 Å². The Morgan fingerprint density at radius 3 is 2.16 bits per heavy atom. The van der Waals surface area contributed by atoms with Crippen molar-refractivity contribution in [1.82, 2.24) is 0 Å². The molecule has 174 valence electrons. The molecule has 32 heavy (non-hydrogen) atoms. The number of nitrogens with zero attached hydrogens (tertiary/aromatic N) is 1. The highest BCUT2D eigenvalue weighted by atomic mass is 16.6. The van der Waals surface area contributed by atoms with Crippen molar-refractivity contribution in [3.8, 4) is 17.2 Å². The number of rotatable bonds is 14. The molecule has 0 aliphatic heterocycles. The van der Waals surface area contributed by atoms with Crippen LogP contribution in [-0.2, 0) is 11.3 Å². The molecule has 2 aromatic rings. The zero-order chi connectivity index (χ0) is 23.2. The summed E-state index contributed by atoms with van der Waals surface area (Å²) in [6.07, 6.45) is 7.82. The Bertz CT molecular complexity index is 849. The number of hydrogen-bond acceptors (Lipinski definition) is 5. The highest BCUT2D eigenvalue weighted by molar-refractivity contribution is 5.83. The van der Waals surface area contributed by atoms with Crippen LogP contribution in [0.25, 0.3) is 0 Å². The first-order valence-electron chi connectivity index (χ1n) is 11.3. The number of ether oxygens (including phenoxy) is 3. The van der Waals surface area contributed by atoms with Gasteiger partial charge in [0.2, 0.25) is 0 Å². The van der Waals surface area contributed by atoms with Gasteiger partial charge >= 0.3 is 0 Å². The van der Waals surface area contributed by atoms with Crippen molar-refractivity contribution >= 4 is 5.71 Å². The number of hydrogen-bond donors (Lipinski definition) is 0. The SMILES string of the molecule is C/C=C/COc1cc(C)c(OCCCCCOc2ccc(C/C(C)=N/OC)cc2)c(C)c1. The molecule has 5 heteroatoms. The average molecular weight is 440 g/mol. The Morgan fingerprint density at radius 2 is 1.53 bits per heavy atom. The smallest absolute Gasteiger partial charge is 0.125 e. The standard InChI is InChI=1S/C27H37NO4/c1-6-7-15-31-26-18-21(2)27(22(3)19-26)32-17-10-8-9-16-30-25-13-11-24(12-14-25)20-23(4)28-29-5/h6-7,11-14,18-19H,8-10,15-17,20H2,1-5H3/b7-6+,28-23+. The molecule has 0 aliphatic rings. The van der Waals surface area contributed by atoms with Crippen molar-refractivity contribution < 1.29 is 19.0 Å². The molecule has 0 bridgehead atoms. The first kappa shape index (κ1) is 25.3. The zero-order valence-corrected chi connectivity index (χ0v) is 20.1. The molecule has 0 radical (unpaired) electrons. The van der Waals surface area contributed by atoms with Gasteiger partial charge in [-0.15, -0.1) is 0 Å². The molecule has 5 nitrogen and oxygen atoms in total. The molecule has 2 aromatic carbocycles. The maximum Gasteiger partial charge on any atom is 0.125 e. The zero-order valence-electron chi connectivity index (χ0n) is 20.1. The van der Waals surface area contributed by atoms with Crippen molar-refractivity contribution in [2.24, 2.45) is 5.16 Å². The van der Waals surface area contributed by atoms with Crippen LogP contribution in [-0.4, -0.2) is 32.6 Å². The van der Waals surface area contributed by atoms with E-state index in [9.17, 15) is 0 Å². The van der Waals surface area contributed by atoms with E-state index in [1.165, 1.54) is 5.56 Å². The molecule has 0 N–H and O–H groups in total. The highest BCUT2D eigenvalue weighted by Gasteiger charge is 2.07. The topological polar surface area (TPSA) is 49.3 Å². The van der Waals surface area contributed by atoms with Gasteiger partial charge in [-0.2, -0.15) is 0 Å². The summed E-state index contributed by atoms with van der Waals surface area (Å²) in [7, 11) is 1.56. The quantitative estimate of drug-likeness (QED) is 0.147. The average Bonchev–Trinajstić information content (AvgIpc) is 2.76. The van der Waals surface area contributed by atoms with Gasteiger partial charge in [-0.1, -0.05) is 29.4 Å². The number of aryl methyl sites for hydroxylation is 2. The lowest BCUT2D eigenvalue weighted by molar-refractivity contribution is 0.212. The summed E-state index contributed by atoms with van der Waals surface area (Å²) in [5, 5.41) is 3.94. The van der Waals surface area contributed by atoms with Gasteiger partial charge in [-0.25, -0.2) is 0 Å². The van der Waals surface area contributed by atoms with Crippen LogP contribution in [0.3, 0.4) is 0 Å². The lowest BCUT2D eigenvalue weighted by Crippen LogP contribution is -2.03. The molecule has 0 aromatic heterocycles. The summed E-state index contributed by atoms with van der Waals surface area (Å²) in [4.78, 5) is 4.80. The molecule has 0 fully saturated rings. The molecule has 0 amide bonds. The summed E-state index contributed by atoms with van der Waals surface area (Å²) in [5.74, 6) is 2.74. The normalized spacial score (nSPS) is 11.6. The Balaban J connectivity index is 1.65. The third-order valence-corrected chi connectivity index (χ3v) is 4.95. The van der Waals surface area contributed by atoms with Crippen molar-refractivity contribution in [3.05, 3.63) is 65.2 Å². The van der Waals surface area contributed by atoms with Gasteiger partial charge in [0.05, 0.1) is 18.9 Å². The van der Waals surface area contributed by atoms with E-state index >= 15 is 0 Å². The minimum atomic E-state index is 0.588. The van der Waals surface area contributed by atoms with E-state index in [0.717, 1.165) is 59.8 Å². The fourth-order valence-corrected chi connectivity index (χ4v) is 3.39. The Kier molecular flexibility index (Phi) is 11.2. The van der Waals surface area contributed by atoms with Crippen LogP contribution in [0.15, 0.2) is 53.7 Å². The third kappa shape index (κ3) is 9.04. The number of allylic oxidation sites excluding steroid dienone is 1. The number of benzene rings is 2. The molecule has 0 saturated carbocycles. The molecule has 0 unspecified atom stereocenters. The number of oxime groups is 1. The second kappa shape index (κ2) is 14.2. The summed E-state index contributed by atoms with van der Waals surface area (Å²) in [6.45, 7) is 10.1. The van der Waals surface area contributed by atoms with Crippen molar-refractivity contribution in [2.45, 2.75) is 53.4 Å². The van der Waals surface area contributed by atoms with Crippen LogP contribution in [0, 0.1) is 13.8 Å². The van der Waals surface area contributed by atoms with Gasteiger partial charge in [0, 0.05) is 6.42 Å². The van der Waals surface area contributed by atoms with Crippen molar-refractivity contribution in [1.29, 1.82) is 0 Å². The summed E-state index contributed by atoms with van der Waals surface area (Å²) >= 11 is 0. The lowest BCUT2D eigenvalue weighted by Gasteiger charge is -2.14. The molecule has 2 rings (SSSR count). The van der Waals surface area contributed by atoms with E-state index in [4.69, 9.17) is 19.0 Å². The monoisotopic (exact) mass is 439 g/mol. The summed E-state index contributed by atoms with van der Waals surface area (Å²) < 4.78 is 17.6. The molecule has 0 spiro atoms.